The molecule has 1 N–H and O–H groups in total. The molecule has 0 aliphatic carbocycles. The minimum Gasteiger partial charge on any atom is -0.497 e. The maximum atomic E-state index is 12.3. The first-order valence-corrected chi connectivity index (χ1v) is 9.94. The minimum absolute atomic E-state index is 0.0920. The molecule has 0 unspecified atom stereocenters. The Morgan fingerprint density at radius 1 is 1.27 bits per heavy atom. The Bertz CT molecular complexity index is 667. The van der Waals surface area contributed by atoms with Gasteiger partial charge in [-0.2, -0.15) is 11.3 Å². The number of rotatable bonds is 8. The number of hydrogen-bond donors (Lipinski definition) is 1. The lowest BCUT2D eigenvalue weighted by atomic mass is 10.1. The van der Waals surface area contributed by atoms with Crippen LogP contribution >= 0.6 is 11.3 Å². The highest BCUT2D eigenvalue weighted by atomic mass is 32.1. The standard InChI is InChI=1S/C20H26N2O3S/c1-24-18-5-2-16(3-6-18)4-7-20(23)21-14-19(17-8-13-26-15-17)22-9-11-25-12-10-22/h2-3,5-6,8,13,15,19H,4,7,9-12,14H2,1H3,(H,21,23)/t19-/m0/s1. The number of morpholine rings is 1. The molecule has 1 saturated heterocycles. The van der Waals surface area contributed by atoms with Crippen molar-refractivity contribution in [2.45, 2.75) is 18.9 Å². The number of methoxy groups -OCH3 is 1. The predicted octanol–water partition coefficient (Wildman–Crippen LogP) is 2.88. The number of nitrogens with one attached hydrogen (secondary N) is 1. The van der Waals surface area contributed by atoms with Crippen LogP contribution in [-0.2, 0) is 16.0 Å². The lowest BCUT2D eigenvalue weighted by Gasteiger charge is -2.34. The second kappa shape index (κ2) is 9.71. The van der Waals surface area contributed by atoms with E-state index in [2.05, 4.69) is 27.0 Å². The van der Waals surface area contributed by atoms with Gasteiger partial charge < -0.3 is 14.8 Å². The molecule has 1 amide bonds. The van der Waals surface area contributed by atoms with Crippen LogP contribution in [0.25, 0.3) is 0 Å². The summed E-state index contributed by atoms with van der Waals surface area (Å²) in [6.07, 6.45) is 1.22. The molecule has 0 saturated carbocycles. The molecule has 1 aliphatic heterocycles. The van der Waals surface area contributed by atoms with Gasteiger partial charge >= 0.3 is 0 Å². The van der Waals surface area contributed by atoms with E-state index in [0.717, 1.165) is 44.0 Å². The largest absolute Gasteiger partial charge is 0.497 e. The van der Waals surface area contributed by atoms with Crippen molar-refractivity contribution in [3.05, 3.63) is 52.2 Å². The van der Waals surface area contributed by atoms with Gasteiger partial charge in [-0.05, 0) is 46.5 Å². The van der Waals surface area contributed by atoms with E-state index in [0.29, 0.717) is 13.0 Å². The highest BCUT2D eigenvalue weighted by Gasteiger charge is 2.23. The predicted molar refractivity (Wildman–Crippen MR) is 104 cm³/mol. The number of nitrogens with zero attached hydrogens (tertiary/aromatic N) is 1. The molecule has 0 spiro atoms. The Morgan fingerprint density at radius 2 is 2.04 bits per heavy atom. The molecule has 1 atom stereocenters. The summed E-state index contributed by atoms with van der Waals surface area (Å²) in [6.45, 7) is 3.96. The molecule has 0 radical (unpaired) electrons. The zero-order valence-corrected chi connectivity index (χ0v) is 16.0. The summed E-state index contributed by atoms with van der Waals surface area (Å²) in [5, 5.41) is 7.38. The van der Waals surface area contributed by atoms with Gasteiger partial charge in [-0.25, -0.2) is 0 Å². The number of carbonyl (C=O) groups excluding carboxylic acids is 1. The third-order valence-electron chi connectivity index (χ3n) is 4.71. The molecule has 1 aromatic heterocycles. The van der Waals surface area contributed by atoms with E-state index >= 15 is 0 Å². The number of hydrogen-bond acceptors (Lipinski definition) is 5. The number of thiophene rings is 1. The minimum atomic E-state index is 0.0920. The van der Waals surface area contributed by atoms with E-state index in [1.54, 1.807) is 18.4 Å². The molecule has 140 valence electrons. The quantitative estimate of drug-likeness (QED) is 0.772. The molecule has 2 heterocycles. The van der Waals surface area contributed by atoms with Crippen LogP contribution < -0.4 is 10.1 Å². The van der Waals surface area contributed by atoms with E-state index in [9.17, 15) is 4.79 Å². The number of aryl methyl sites for hydroxylation is 1. The van der Waals surface area contributed by atoms with E-state index in [1.807, 2.05) is 24.3 Å². The molecule has 6 heteroatoms. The van der Waals surface area contributed by atoms with E-state index in [4.69, 9.17) is 9.47 Å². The van der Waals surface area contributed by atoms with Crippen LogP contribution in [0.1, 0.15) is 23.6 Å². The second-order valence-corrected chi connectivity index (χ2v) is 7.15. The van der Waals surface area contributed by atoms with Crippen LogP contribution in [0.15, 0.2) is 41.1 Å². The van der Waals surface area contributed by atoms with Crippen LogP contribution in [0.3, 0.4) is 0 Å². The third kappa shape index (κ3) is 5.30. The first kappa shape index (κ1) is 18.9. The summed E-state index contributed by atoms with van der Waals surface area (Å²) in [5.74, 6) is 0.927. The summed E-state index contributed by atoms with van der Waals surface area (Å²) in [5.41, 5.74) is 2.41. The van der Waals surface area contributed by atoms with Gasteiger partial charge in [0.1, 0.15) is 5.75 Å². The summed E-state index contributed by atoms with van der Waals surface area (Å²) in [7, 11) is 1.65. The highest BCUT2D eigenvalue weighted by molar-refractivity contribution is 7.07. The summed E-state index contributed by atoms with van der Waals surface area (Å²) in [6, 6.07) is 10.2. The average molecular weight is 375 g/mol. The van der Waals surface area contributed by atoms with Gasteiger partial charge in [0, 0.05) is 26.1 Å². The van der Waals surface area contributed by atoms with Gasteiger partial charge in [-0.15, -0.1) is 0 Å². The van der Waals surface area contributed by atoms with Gasteiger partial charge in [-0.1, -0.05) is 12.1 Å². The highest BCUT2D eigenvalue weighted by Crippen LogP contribution is 2.23. The fraction of sp³-hybridized carbons (Fsp3) is 0.450. The van der Waals surface area contributed by atoms with Crippen LogP contribution in [-0.4, -0.2) is 50.8 Å². The Morgan fingerprint density at radius 3 is 2.69 bits per heavy atom. The molecule has 26 heavy (non-hydrogen) atoms. The lowest BCUT2D eigenvalue weighted by Crippen LogP contribution is -2.43. The Hall–Kier alpha value is -1.89. The maximum absolute atomic E-state index is 12.3. The fourth-order valence-corrected chi connectivity index (χ4v) is 3.87. The molecule has 1 fully saturated rings. The Labute approximate surface area is 158 Å². The second-order valence-electron chi connectivity index (χ2n) is 6.37. The first-order valence-electron chi connectivity index (χ1n) is 9.00. The SMILES string of the molecule is COc1ccc(CCC(=O)NC[C@@H](c2ccsc2)N2CCOCC2)cc1. The van der Waals surface area contributed by atoms with Crippen molar-refractivity contribution in [3.63, 3.8) is 0 Å². The van der Waals surface area contributed by atoms with Crippen molar-refractivity contribution in [1.82, 2.24) is 10.2 Å². The van der Waals surface area contributed by atoms with Crippen LogP contribution in [0.5, 0.6) is 5.75 Å². The molecule has 3 rings (SSSR count). The molecule has 2 aromatic rings. The summed E-state index contributed by atoms with van der Waals surface area (Å²) >= 11 is 1.70. The fourth-order valence-electron chi connectivity index (χ4n) is 3.16. The van der Waals surface area contributed by atoms with Crippen molar-refractivity contribution in [1.29, 1.82) is 0 Å². The third-order valence-corrected chi connectivity index (χ3v) is 5.41. The summed E-state index contributed by atoms with van der Waals surface area (Å²) < 4.78 is 10.6. The lowest BCUT2D eigenvalue weighted by molar-refractivity contribution is -0.121. The smallest absolute Gasteiger partial charge is 0.220 e. The van der Waals surface area contributed by atoms with E-state index in [-0.39, 0.29) is 11.9 Å². The molecule has 0 bridgehead atoms. The van der Waals surface area contributed by atoms with Gasteiger partial charge in [0.05, 0.1) is 26.4 Å². The number of ether oxygens (including phenoxy) is 2. The van der Waals surface area contributed by atoms with Crippen molar-refractivity contribution >= 4 is 17.2 Å². The zero-order valence-electron chi connectivity index (χ0n) is 15.1. The first-order chi connectivity index (χ1) is 12.8. The van der Waals surface area contributed by atoms with Gasteiger partial charge in [0.15, 0.2) is 0 Å². The van der Waals surface area contributed by atoms with Crippen LogP contribution in [0.2, 0.25) is 0 Å². The van der Waals surface area contributed by atoms with Crippen molar-refractivity contribution in [2.75, 3.05) is 40.0 Å². The molecular weight excluding hydrogens is 348 g/mol. The number of amides is 1. The molecule has 5 nitrogen and oxygen atoms in total. The van der Waals surface area contributed by atoms with E-state index < -0.39 is 0 Å². The molecule has 1 aliphatic rings. The molecular formula is C20H26N2O3S. The normalized spacial score (nSPS) is 16.2. The number of carbonyl (C=O) groups is 1. The van der Waals surface area contributed by atoms with Crippen molar-refractivity contribution < 1.29 is 14.3 Å². The number of benzene rings is 1. The maximum Gasteiger partial charge on any atom is 0.220 e. The van der Waals surface area contributed by atoms with Gasteiger partial charge in [0.25, 0.3) is 0 Å². The van der Waals surface area contributed by atoms with Gasteiger partial charge in [-0.3, -0.25) is 9.69 Å². The average Bonchev–Trinajstić information content (AvgIpc) is 3.22. The van der Waals surface area contributed by atoms with E-state index in [1.165, 1.54) is 5.56 Å². The molecule has 1 aromatic carbocycles. The van der Waals surface area contributed by atoms with Crippen molar-refractivity contribution in [2.24, 2.45) is 0 Å². The van der Waals surface area contributed by atoms with Crippen molar-refractivity contribution in [3.8, 4) is 5.75 Å². The Balaban J connectivity index is 1.50. The topological polar surface area (TPSA) is 50.8 Å². The Kier molecular flexibility index (Phi) is 7.05. The monoisotopic (exact) mass is 374 g/mol. The van der Waals surface area contributed by atoms with Gasteiger partial charge in [0.2, 0.25) is 5.91 Å². The zero-order chi connectivity index (χ0) is 18.2. The van der Waals surface area contributed by atoms with Crippen LogP contribution in [0.4, 0.5) is 0 Å². The van der Waals surface area contributed by atoms with Crippen LogP contribution in [0, 0.1) is 0 Å². The summed E-state index contributed by atoms with van der Waals surface area (Å²) in [4.78, 5) is 14.7.